The van der Waals surface area contributed by atoms with Crippen LogP contribution in [0.1, 0.15) is 11.1 Å². The van der Waals surface area contributed by atoms with Gasteiger partial charge in [0.1, 0.15) is 5.82 Å². The van der Waals surface area contributed by atoms with Crippen molar-refractivity contribution in [3.63, 3.8) is 0 Å². The number of aromatic nitrogens is 1. The minimum Gasteiger partial charge on any atom is -0.361 e. The van der Waals surface area contributed by atoms with E-state index in [4.69, 9.17) is 0 Å². The summed E-state index contributed by atoms with van der Waals surface area (Å²) in [5.41, 5.74) is 3.07. The molecule has 0 aliphatic carbocycles. The molecule has 1 heterocycles. The van der Waals surface area contributed by atoms with Crippen LogP contribution in [0.4, 0.5) is 4.39 Å². The summed E-state index contributed by atoms with van der Waals surface area (Å²) in [6.07, 6.45) is 2.65. The molecular weight excluding hydrogens is 375 g/mol. The maximum absolute atomic E-state index is 13.5. The fourth-order valence-corrected chi connectivity index (χ4v) is 4.05. The predicted octanol–water partition coefficient (Wildman–Crippen LogP) is 2.96. The Morgan fingerprint density at radius 1 is 1.14 bits per heavy atom. The summed E-state index contributed by atoms with van der Waals surface area (Å²) in [5.74, 6) is 1.55. The maximum atomic E-state index is 13.5. The SMILES string of the molecule is CN=C(NCCc1c[nH]c2ccc(F)cc12)NCCS(=O)Cc1ccccc1. The molecule has 28 heavy (non-hydrogen) atoms. The summed E-state index contributed by atoms with van der Waals surface area (Å²) in [4.78, 5) is 7.35. The molecule has 0 aliphatic rings. The van der Waals surface area contributed by atoms with E-state index < -0.39 is 10.8 Å². The molecule has 1 aromatic heterocycles. The number of hydrogen-bond acceptors (Lipinski definition) is 2. The van der Waals surface area contributed by atoms with Gasteiger partial charge in [-0.05, 0) is 35.7 Å². The van der Waals surface area contributed by atoms with Gasteiger partial charge in [0.05, 0.1) is 0 Å². The second-order valence-electron chi connectivity index (χ2n) is 6.45. The van der Waals surface area contributed by atoms with E-state index in [1.807, 2.05) is 36.5 Å². The summed E-state index contributed by atoms with van der Waals surface area (Å²) in [6, 6.07) is 14.6. The molecule has 5 nitrogen and oxygen atoms in total. The lowest BCUT2D eigenvalue weighted by atomic mass is 10.1. The third-order valence-corrected chi connectivity index (χ3v) is 5.75. The highest BCUT2D eigenvalue weighted by molar-refractivity contribution is 7.84. The van der Waals surface area contributed by atoms with Crippen molar-refractivity contribution >= 4 is 27.7 Å². The Bertz CT molecular complexity index is 955. The molecule has 0 radical (unpaired) electrons. The fraction of sp³-hybridized carbons (Fsp3) is 0.286. The van der Waals surface area contributed by atoms with Gasteiger partial charge in [-0.1, -0.05) is 30.3 Å². The first kappa shape index (κ1) is 20.1. The molecule has 2 aromatic carbocycles. The van der Waals surface area contributed by atoms with Gasteiger partial charge in [0.2, 0.25) is 0 Å². The number of aliphatic imine (C=N–C) groups is 1. The lowest BCUT2D eigenvalue weighted by Gasteiger charge is -2.11. The highest BCUT2D eigenvalue weighted by Gasteiger charge is 2.06. The number of hydrogen-bond donors (Lipinski definition) is 3. The van der Waals surface area contributed by atoms with Crippen LogP contribution in [0.5, 0.6) is 0 Å². The first-order valence-corrected chi connectivity index (χ1v) is 10.7. The van der Waals surface area contributed by atoms with Crippen LogP contribution in [0.15, 0.2) is 59.7 Å². The number of benzene rings is 2. The first-order valence-electron chi connectivity index (χ1n) is 9.24. The lowest BCUT2D eigenvalue weighted by molar-refractivity contribution is 0.629. The van der Waals surface area contributed by atoms with Gasteiger partial charge in [-0.3, -0.25) is 9.20 Å². The van der Waals surface area contributed by atoms with E-state index in [1.54, 1.807) is 19.2 Å². The third-order valence-electron chi connectivity index (χ3n) is 4.43. The van der Waals surface area contributed by atoms with Crippen LogP contribution in [0.3, 0.4) is 0 Å². The topological polar surface area (TPSA) is 69.3 Å². The molecule has 0 fully saturated rings. The van der Waals surface area contributed by atoms with Gasteiger partial charge in [0.25, 0.3) is 0 Å². The highest BCUT2D eigenvalue weighted by atomic mass is 32.2. The summed E-state index contributed by atoms with van der Waals surface area (Å²) in [5, 5.41) is 7.34. The van der Waals surface area contributed by atoms with Crippen molar-refractivity contribution in [3.05, 3.63) is 71.7 Å². The van der Waals surface area contributed by atoms with Gasteiger partial charge in [-0.2, -0.15) is 0 Å². The van der Waals surface area contributed by atoms with Crippen LogP contribution in [0.2, 0.25) is 0 Å². The molecule has 0 spiro atoms. The number of fused-ring (bicyclic) bond motifs is 1. The zero-order chi connectivity index (χ0) is 19.8. The average molecular weight is 401 g/mol. The minimum absolute atomic E-state index is 0.234. The van der Waals surface area contributed by atoms with E-state index in [1.165, 1.54) is 6.07 Å². The van der Waals surface area contributed by atoms with Crippen LogP contribution < -0.4 is 10.6 Å². The zero-order valence-corrected chi connectivity index (χ0v) is 16.7. The first-order chi connectivity index (χ1) is 13.7. The Morgan fingerprint density at radius 3 is 2.71 bits per heavy atom. The van der Waals surface area contributed by atoms with Crippen molar-refractivity contribution in [2.24, 2.45) is 4.99 Å². The van der Waals surface area contributed by atoms with Gasteiger partial charge < -0.3 is 15.6 Å². The second-order valence-corrected chi connectivity index (χ2v) is 8.03. The Hall–Kier alpha value is -2.67. The normalized spacial score (nSPS) is 12.9. The van der Waals surface area contributed by atoms with Crippen LogP contribution >= 0.6 is 0 Å². The van der Waals surface area contributed by atoms with Crippen molar-refractivity contribution < 1.29 is 8.60 Å². The molecule has 3 aromatic rings. The van der Waals surface area contributed by atoms with Gasteiger partial charge in [0.15, 0.2) is 5.96 Å². The minimum atomic E-state index is -0.922. The van der Waals surface area contributed by atoms with Gasteiger partial charge in [-0.15, -0.1) is 0 Å². The summed E-state index contributed by atoms with van der Waals surface area (Å²) < 4.78 is 25.6. The van der Waals surface area contributed by atoms with Gasteiger partial charge >= 0.3 is 0 Å². The summed E-state index contributed by atoms with van der Waals surface area (Å²) in [7, 11) is 0.783. The number of rotatable bonds is 8. The Balaban J connectivity index is 1.41. The maximum Gasteiger partial charge on any atom is 0.191 e. The van der Waals surface area contributed by atoms with E-state index in [9.17, 15) is 8.60 Å². The number of halogens is 1. The quantitative estimate of drug-likeness (QED) is 0.402. The number of guanidine groups is 1. The standard InChI is InChI=1S/C21H25FN4OS/c1-23-21(25-11-12-28(27)15-16-5-3-2-4-6-16)24-10-9-17-14-26-20-8-7-18(22)13-19(17)20/h2-8,13-14,26H,9-12,15H2,1H3,(H2,23,24,25). The number of nitrogens with one attached hydrogen (secondary N) is 3. The molecule has 3 N–H and O–H groups in total. The molecule has 0 bridgehead atoms. The number of aromatic amines is 1. The Labute approximate surface area is 166 Å². The van der Waals surface area contributed by atoms with Gasteiger partial charge in [-0.25, -0.2) is 4.39 Å². The highest BCUT2D eigenvalue weighted by Crippen LogP contribution is 2.19. The number of nitrogens with zero attached hydrogens (tertiary/aromatic N) is 1. The lowest BCUT2D eigenvalue weighted by Crippen LogP contribution is -2.40. The molecule has 0 amide bonds. The van der Waals surface area contributed by atoms with Crippen molar-refractivity contribution in [1.82, 2.24) is 15.6 Å². The van der Waals surface area contributed by atoms with Crippen molar-refractivity contribution in [1.29, 1.82) is 0 Å². The summed E-state index contributed by atoms with van der Waals surface area (Å²) >= 11 is 0. The largest absolute Gasteiger partial charge is 0.361 e. The fourth-order valence-electron chi connectivity index (χ4n) is 3.01. The summed E-state index contributed by atoms with van der Waals surface area (Å²) in [6.45, 7) is 1.24. The molecule has 148 valence electrons. The van der Waals surface area contributed by atoms with E-state index in [-0.39, 0.29) is 5.82 Å². The average Bonchev–Trinajstić information content (AvgIpc) is 3.09. The molecule has 3 rings (SSSR count). The van der Waals surface area contributed by atoms with E-state index in [0.717, 1.165) is 28.5 Å². The van der Waals surface area contributed by atoms with Crippen molar-refractivity contribution in [2.45, 2.75) is 12.2 Å². The molecule has 0 saturated heterocycles. The molecule has 1 unspecified atom stereocenters. The molecule has 0 saturated carbocycles. The van der Waals surface area contributed by atoms with Gasteiger partial charge in [0, 0.05) is 59.5 Å². The number of H-pyrrole nitrogens is 1. The van der Waals surface area contributed by atoms with E-state index in [0.29, 0.717) is 30.6 Å². The van der Waals surface area contributed by atoms with Crippen LogP contribution in [-0.2, 0) is 23.0 Å². The smallest absolute Gasteiger partial charge is 0.191 e. The van der Waals surface area contributed by atoms with E-state index in [2.05, 4.69) is 20.6 Å². The van der Waals surface area contributed by atoms with Crippen LogP contribution in [-0.4, -0.2) is 41.0 Å². The second kappa shape index (κ2) is 10.0. The molecular formula is C21H25FN4OS. The van der Waals surface area contributed by atoms with Crippen molar-refractivity contribution in [2.75, 3.05) is 25.9 Å². The molecule has 7 heteroatoms. The van der Waals surface area contributed by atoms with E-state index >= 15 is 0 Å². The third kappa shape index (κ3) is 5.66. The van der Waals surface area contributed by atoms with Crippen LogP contribution in [0, 0.1) is 5.82 Å². The van der Waals surface area contributed by atoms with Crippen LogP contribution in [0.25, 0.3) is 10.9 Å². The van der Waals surface area contributed by atoms with Crippen molar-refractivity contribution in [3.8, 4) is 0 Å². The Morgan fingerprint density at radius 2 is 1.93 bits per heavy atom. The Kier molecular flexibility index (Phi) is 7.19. The monoisotopic (exact) mass is 400 g/mol. The predicted molar refractivity (Wildman–Crippen MR) is 114 cm³/mol. The molecule has 0 aliphatic heterocycles. The zero-order valence-electron chi connectivity index (χ0n) is 15.9. The molecule has 1 atom stereocenters.